The van der Waals surface area contributed by atoms with E-state index in [2.05, 4.69) is 13.8 Å². The molecule has 0 aromatic rings. The third-order valence-corrected chi connectivity index (χ3v) is 1.07. The summed E-state index contributed by atoms with van der Waals surface area (Å²) in [6.07, 6.45) is 2.18. The summed E-state index contributed by atoms with van der Waals surface area (Å²) in [7, 11) is 0. The van der Waals surface area contributed by atoms with E-state index in [9.17, 15) is 0 Å². The Morgan fingerprint density at radius 3 is 1.14 bits per heavy atom. The van der Waals surface area contributed by atoms with Gasteiger partial charge in [-0.1, -0.05) is 13.8 Å². The zero-order valence-electron chi connectivity index (χ0n) is 10.2. The molecular weight excluding hydrogens is 330 g/mol. The molecule has 0 aliphatic rings. The Hall–Kier alpha value is 2.13. The van der Waals surface area contributed by atoms with Gasteiger partial charge in [0.1, 0.15) is 0 Å². The third kappa shape index (κ3) is 29.2. The van der Waals surface area contributed by atoms with E-state index in [0.29, 0.717) is 0 Å². The Morgan fingerprint density at radius 2 is 0.929 bits per heavy atom. The van der Waals surface area contributed by atoms with Crippen molar-refractivity contribution in [2.24, 2.45) is 0 Å². The molecule has 0 aromatic heterocycles. The van der Waals surface area contributed by atoms with Crippen molar-refractivity contribution in [2.45, 2.75) is 26.7 Å². The van der Waals surface area contributed by atoms with Crippen molar-refractivity contribution in [1.82, 2.24) is 0 Å². The van der Waals surface area contributed by atoms with Crippen molar-refractivity contribution in [3.63, 3.8) is 0 Å². The summed E-state index contributed by atoms with van der Waals surface area (Å²) in [5.41, 5.74) is 0. The maximum Gasteiger partial charge on any atom is 0.0700 e. The fourth-order valence-electron chi connectivity index (χ4n) is 0.611. The van der Waals surface area contributed by atoms with Gasteiger partial charge in [-0.2, -0.15) is 0 Å². The second-order valence-corrected chi connectivity index (χ2v) is 2.22. The van der Waals surface area contributed by atoms with Crippen LogP contribution in [0.15, 0.2) is 0 Å². The third-order valence-electron chi connectivity index (χ3n) is 1.07. The number of ether oxygens (including phenoxy) is 2. The summed E-state index contributed by atoms with van der Waals surface area (Å²) in [6, 6.07) is 0. The average molecular weight is 354 g/mol. The minimum absolute atomic E-state index is 0. The van der Waals surface area contributed by atoms with Crippen LogP contribution in [0.3, 0.4) is 0 Å². The molecule has 2 nitrogen and oxygen atoms in total. The number of hydrogen-bond donors (Lipinski definition) is 0. The predicted octanol–water partition coefficient (Wildman–Crippen LogP) is 2.74. The van der Waals surface area contributed by atoms with Gasteiger partial charge in [-0.15, -0.1) is 0 Å². The zero-order chi connectivity index (χ0) is 7.66. The van der Waals surface area contributed by atoms with Crippen LogP contribution in [0, 0.1) is 14.9 Å². The molecule has 4 heteroatoms. The second-order valence-electron chi connectivity index (χ2n) is 2.22. The van der Waals surface area contributed by atoms with Crippen LogP contribution in [0.1, 0.15) is 26.7 Å². The van der Waals surface area contributed by atoms with Gasteiger partial charge < -0.3 is 24.3 Å². The molecule has 0 atom stereocenters. The summed E-state index contributed by atoms with van der Waals surface area (Å²) < 4.78 is 10.4. The summed E-state index contributed by atoms with van der Waals surface area (Å²) in [6.45, 7) is 7.41. The Bertz CT molecular complexity index is 56.1. The minimum atomic E-state index is 0. The molecule has 0 saturated heterocycles. The fourth-order valence-corrected chi connectivity index (χ4v) is 0.611. The first-order chi connectivity index (χ1) is 4.91. The van der Waals surface area contributed by atoms with Gasteiger partial charge in [0, 0.05) is 78.6 Å². The molecule has 84 valence electrons. The second kappa shape index (κ2) is 29.4. The molecule has 0 amide bonds. The average Bonchev–Trinajstić information content (AvgIpc) is 1.97. The molecule has 0 heterocycles. The first-order valence-electron chi connectivity index (χ1n) is 4.07. The van der Waals surface area contributed by atoms with E-state index in [0.717, 1.165) is 39.3 Å². The number of rotatable bonds is 7. The predicted molar refractivity (Wildman–Crippen MR) is 55.0 cm³/mol. The fraction of sp³-hybridized carbons (Fsp3) is 0.800. The van der Waals surface area contributed by atoms with Crippen molar-refractivity contribution in [3.8, 4) is 0 Å². The molecule has 0 fully saturated rings. The first kappa shape index (κ1) is 29.8. The Morgan fingerprint density at radius 1 is 0.643 bits per heavy atom. The van der Waals surface area contributed by atoms with E-state index in [4.69, 9.17) is 9.47 Å². The van der Waals surface area contributed by atoms with E-state index in [1.54, 1.807) is 0 Å². The van der Waals surface area contributed by atoms with Crippen LogP contribution < -0.4 is 0 Å². The Labute approximate surface area is 141 Å². The van der Waals surface area contributed by atoms with Crippen LogP contribution in [0.5, 0.6) is 0 Å². The van der Waals surface area contributed by atoms with Crippen LogP contribution in [0.4, 0.5) is 0 Å². The van der Waals surface area contributed by atoms with Gasteiger partial charge in [0.15, 0.2) is 0 Å². The smallest absolute Gasteiger partial charge is 0.0700 e. The molecule has 0 N–H and O–H groups in total. The SMILES string of the molecule is CCCOCCOCCC.[CH3-].[CH3-].[Y].[Y]. The van der Waals surface area contributed by atoms with Gasteiger partial charge in [-0.05, 0) is 12.8 Å². The van der Waals surface area contributed by atoms with Crippen molar-refractivity contribution in [3.05, 3.63) is 14.9 Å². The van der Waals surface area contributed by atoms with Gasteiger partial charge >= 0.3 is 0 Å². The topological polar surface area (TPSA) is 18.5 Å². The van der Waals surface area contributed by atoms with E-state index in [1.807, 2.05) is 0 Å². The quantitative estimate of drug-likeness (QED) is 0.517. The van der Waals surface area contributed by atoms with Crippen LogP contribution >= 0.6 is 0 Å². The maximum absolute atomic E-state index is 5.20. The van der Waals surface area contributed by atoms with Gasteiger partial charge in [0.2, 0.25) is 0 Å². The van der Waals surface area contributed by atoms with Gasteiger partial charge in [0.05, 0.1) is 13.2 Å². The van der Waals surface area contributed by atoms with Gasteiger partial charge in [-0.25, -0.2) is 0 Å². The van der Waals surface area contributed by atoms with Gasteiger partial charge in [-0.3, -0.25) is 0 Å². The van der Waals surface area contributed by atoms with E-state index in [-0.39, 0.29) is 80.3 Å². The van der Waals surface area contributed by atoms with Crippen molar-refractivity contribution < 1.29 is 74.9 Å². The largest absolute Gasteiger partial charge is 0.379 e. The first-order valence-corrected chi connectivity index (χ1v) is 4.07. The van der Waals surface area contributed by atoms with Crippen molar-refractivity contribution in [1.29, 1.82) is 0 Å². The number of hydrogen-bond acceptors (Lipinski definition) is 2. The molecule has 14 heavy (non-hydrogen) atoms. The molecule has 0 unspecified atom stereocenters. The standard InChI is InChI=1S/C8H18O2.2CH3.2Y/c1-3-5-9-7-8-10-6-4-2;;;;/h3-8H2,1-2H3;2*1H3;;/q;2*-1;;. The van der Waals surface area contributed by atoms with E-state index >= 15 is 0 Å². The van der Waals surface area contributed by atoms with Crippen LogP contribution in [-0.2, 0) is 74.9 Å². The molecular formula is C10H24O2Y2-2. The molecule has 0 aromatic carbocycles. The summed E-state index contributed by atoms with van der Waals surface area (Å²) >= 11 is 0. The summed E-state index contributed by atoms with van der Waals surface area (Å²) in [5, 5.41) is 0. The zero-order valence-corrected chi connectivity index (χ0v) is 15.9. The molecule has 0 rings (SSSR count). The molecule has 0 bridgehead atoms. The molecule has 0 saturated carbocycles. The van der Waals surface area contributed by atoms with Crippen LogP contribution in [0.2, 0.25) is 0 Å². The molecule has 0 spiro atoms. The Kier molecular flexibility index (Phi) is 62.7. The summed E-state index contributed by atoms with van der Waals surface area (Å²) in [4.78, 5) is 0. The van der Waals surface area contributed by atoms with Crippen molar-refractivity contribution >= 4 is 0 Å². The van der Waals surface area contributed by atoms with E-state index in [1.165, 1.54) is 0 Å². The minimum Gasteiger partial charge on any atom is -0.379 e. The molecule has 0 aliphatic carbocycles. The molecule has 2 radical (unpaired) electrons. The van der Waals surface area contributed by atoms with E-state index < -0.39 is 0 Å². The summed E-state index contributed by atoms with van der Waals surface area (Å²) in [5.74, 6) is 0. The van der Waals surface area contributed by atoms with Crippen LogP contribution in [-0.4, -0.2) is 26.4 Å². The normalized spacial score (nSPS) is 7.29. The monoisotopic (exact) mass is 354 g/mol. The van der Waals surface area contributed by atoms with Gasteiger partial charge in [0.25, 0.3) is 0 Å². The van der Waals surface area contributed by atoms with Crippen molar-refractivity contribution in [2.75, 3.05) is 26.4 Å². The maximum atomic E-state index is 5.20. The molecule has 0 aliphatic heterocycles. The Balaban J connectivity index is -0.0000000675. The van der Waals surface area contributed by atoms with Crippen LogP contribution in [0.25, 0.3) is 0 Å².